The average molecular weight is 891 g/mol. The largest absolute Gasteiger partial charge is 0.507 e. The number of hydrogen-bond acceptors (Lipinski definition) is 7. The molecule has 0 amide bonds. The van der Waals surface area contributed by atoms with Crippen LogP contribution in [0, 0.1) is 23.7 Å². The zero-order chi connectivity index (χ0) is 45.6. The van der Waals surface area contributed by atoms with E-state index in [1.807, 2.05) is 71.4 Å². The highest BCUT2D eigenvalue weighted by Gasteiger charge is 2.06. The molecule has 1 aromatic heterocycles. The second-order valence-electron chi connectivity index (χ2n) is 16.8. The van der Waals surface area contributed by atoms with Crippen molar-refractivity contribution >= 4 is 35.1 Å². The SMILES string of the molecule is CCCCCCCCCCCCOc1ccc(C#Cc2ccc(O)c(C=Nc3cscc3N=Cc3cc(C#Cc4ccc(OCCCCCCCCCCCC)cc4)ccc3O)c2)cc1. The fraction of sp³-hybridized carbons (Fsp3) is 0.414. The molecule has 0 aliphatic carbocycles. The molecule has 5 aromatic rings. The van der Waals surface area contributed by atoms with Gasteiger partial charge in [-0.05, 0) is 97.8 Å². The van der Waals surface area contributed by atoms with Crippen molar-refractivity contribution < 1.29 is 19.7 Å². The summed E-state index contributed by atoms with van der Waals surface area (Å²) in [5.41, 5.74) is 5.66. The van der Waals surface area contributed by atoms with E-state index >= 15 is 0 Å². The van der Waals surface area contributed by atoms with Crippen LogP contribution in [0.5, 0.6) is 23.0 Å². The van der Waals surface area contributed by atoms with Gasteiger partial charge in [0.15, 0.2) is 0 Å². The molecule has 1 heterocycles. The predicted octanol–water partition coefficient (Wildman–Crippen LogP) is 16.1. The fourth-order valence-electron chi connectivity index (χ4n) is 7.34. The third kappa shape index (κ3) is 19.9. The van der Waals surface area contributed by atoms with E-state index in [9.17, 15) is 10.2 Å². The van der Waals surface area contributed by atoms with Crippen LogP contribution in [-0.2, 0) is 0 Å². The van der Waals surface area contributed by atoms with Gasteiger partial charge in [0.1, 0.15) is 23.0 Å². The van der Waals surface area contributed by atoms with Crippen molar-refractivity contribution in [3.63, 3.8) is 0 Å². The molecule has 0 aliphatic rings. The molecule has 0 saturated carbocycles. The van der Waals surface area contributed by atoms with Crippen LogP contribution in [0.25, 0.3) is 0 Å². The first kappa shape index (κ1) is 50.2. The van der Waals surface area contributed by atoms with Crippen molar-refractivity contribution in [2.24, 2.45) is 9.98 Å². The Morgan fingerprint density at radius 3 is 1.12 bits per heavy atom. The molecule has 0 radical (unpaired) electrons. The minimum Gasteiger partial charge on any atom is -0.507 e. The van der Waals surface area contributed by atoms with E-state index in [-0.39, 0.29) is 11.5 Å². The molecule has 2 N–H and O–H groups in total. The van der Waals surface area contributed by atoms with Gasteiger partial charge in [0.05, 0.1) is 24.6 Å². The quantitative estimate of drug-likeness (QED) is 0.0298. The second-order valence-corrected chi connectivity index (χ2v) is 17.6. The number of aromatic hydroxyl groups is 2. The fourth-order valence-corrected chi connectivity index (χ4v) is 8.03. The molecule has 4 aromatic carbocycles. The Morgan fingerprint density at radius 2 is 0.754 bits per heavy atom. The summed E-state index contributed by atoms with van der Waals surface area (Å²) in [6, 6.07) is 26.3. The van der Waals surface area contributed by atoms with Crippen LogP contribution >= 0.6 is 11.3 Å². The summed E-state index contributed by atoms with van der Waals surface area (Å²) >= 11 is 1.47. The lowest BCUT2D eigenvalue weighted by atomic mass is 10.1. The molecule has 0 atom stereocenters. The summed E-state index contributed by atoms with van der Waals surface area (Å²) in [4.78, 5) is 9.30. The van der Waals surface area contributed by atoms with Gasteiger partial charge in [-0.1, -0.05) is 153 Å². The predicted molar refractivity (Wildman–Crippen MR) is 275 cm³/mol. The van der Waals surface area contributed by atoms with Gasteiger partial charge in [0, 0.05) is 56.6 Å². The molecule has 7 heteroatoms. The van der Waals surface area contributed by atoms with Gasteiger partial charge in [-0.3, -0.25) is 9.98 Å². The van der Waals surface area contributed by atoms with Crippen LogP contribution in [0.1, 0.15) is 176 Å². The zero-order valence-corrected chi connectivity index (χ0v) is 39.8. The lowest BCUT2D eigenvalue weighted by Gasteiger charge is -2.06. The number of rotatable bonds is 28. The maximum atomic E-state index is 10.6. The normalized spacial score (nSPS) is 11.1. The lowest BCUT2D eigenvalue weighted by Crippen LogP contribution is -1.97. The summed E-state index contributed by atoms with van der Waals surface area (Å²) in [5, 5.41) is 25.0. The molecule has 0 unspecified atom stereocenters. The van der Waals surface area contributed by atoms with Crippen LogP contribution in [-0.4, -0.2) is 35.9 Å². The monoisotopic (exact) mass is 891 g/mol. The first-order valence-electron chi connectivity index (χ1n) is 24.3. The van der Waals surface area contributed by atoms with Crippen LogP contribution in [0.3, 0.4) is 0 Å². The number of benzene rings is 4. The minimum absolute atomic E-state index is 0.107. The molecule has 0 saturated heterocycles. The summed E-state index contributed by atoms with van der Waals surface area (Å²) < 4.78 is 11.9. The number of thiophene rings is 1. The Labute approximate surface area is 394 Å². The third-order valence-corrected chi connectivity index (χ3v) is 12.0. The Bertz CT molecular complexity index is 2140. The molecule has 6 nitrogen and oxygen atoms in total. The van der Waals surface area contributed by atoms with Gasteiger partial charge in [0.25, 0.3) is 0 Å². The summed E-state index contributed by atoms with van der Waals surface area (Å²) in [6.45, 7) is 6.00. The highest BCUT2D eigenvalue weighted by atomic mass is 32.1. The summed E-state index contributed by atoms with van der Waals surface area (Å²) in [7, 11) is 0. The van der Waals surface area contributed by atoms with E-state index < -0.39 is 0 Å². The Hall–Kier alpha value is -5.76. The maximum Gasteiger partial charge on any atom is 0.124 e. The number of phenols is 2. The number of phenolic OH excluding ortho intramolecular Hbond substituents is 2. The molecule has 0 fully saturated rings. The van der Waals surface area contributed by atoms with Gasteiger partial charge in [-0.15, -0.1) is 11.3 Å². The lowest BCUT2D eigenvalue weighted by molar-refractivity contribution is 0.304. The molecule has 5 rings (SSSR count). The Morgan fingerprint density at radius 1 is 0.431 bits per heavy atom. The van der Waals surface area contributed by atoms with Gasteiger partial charge < -0.3 is 19.7 Å². The van der Waals surface area contributed by atoms with Crippen LogP contribution in [0.4, 0.5) is 11.4 Å². The molecular formula is C58H70N2O4S. The van der Waals surface area contributed by atoms with Crippen molar-refractivity contribution in [1.82, 2.24) is 0 Å². The topological polar surface area (TPSA) is 83.6 Å². The van der Waals surface area contributed by atoms with Crippen molar-refractivity contribution in [2.75, 3.05) is 13.2 Å². The van der Waals surface area contributed by atoms with Crippen molar-refractivity contribution in [3.05, 3.63) is 129 Å². The van der Waals surface area contributed by atoms with E-state index in [0.29, 0.717) is 22.5 Å². The maximum absolute atomic E-state index is 10.6. The zero-order valence-electron chi connectivity index (χ0n) is 39.0. The minimum atomic E-state index is 0.107. The average Bonchev–Trinajstić information content (AvgIpc) is 3.79. The van der Waals surface area contributed by atoms with Crippen LogP contribution in [0.15, 0.2) is 106 Å². The Kier molecular flexibility index (Phi) is 23.5. The molecule has 0 aliphatic heterocycles. The molecule has 65 heavy (non-hydrogen) atoms. The van der Waals surface area contributed by atoms with E-state index in [4.69, 9.17) is 9.47 Å². The standard InChI is InChI=1S/C58H70N2O4S/c1-3-5-7-9-11-13-15-17-19-21-39-63-53-33-27-47(28-34-53)23-25-49-31-37-57(61)51(41-49)43-59-55-45-65-46-56(55)60-44-52-42-50(32-38-58(52)62)26-24-48-29-35-54(36-30-48)64-40-22-20-18-16-14-12-10-8-6-4-2/h27-38,41-46,61-62H,3-22,39-40H2,1-2H3. The van der Waals surface area contributed by atoms with E-state index in [1.165, 1.54) is 127 Å². The molecule has 342 valence electrons. The van der Waals surface area contributed by atoms with Gasteiger partial charge >= 0.3 is 0 Å². The summed E-state index contributed by atoms with van der Waals surface area (Å²) in [6.07, 6.45) is 29.4. The first-order valence-corrected chi connectivity index (χ1v) is 25.2. The highest BCUT2D eigenvalue weighted by Crippen LogP contribution is 2.33. The van der Waals surface area contributed by atoms with E-state index in [0.717, 1.165) is 59.8 Å². The number of unbranched alkanes of at least 4 members (excludes halogenated alkanes) is 18. The third-order valence-electron chi connectivity index (χ3n) is 11.3. The van der Waals surface area contributed by atoms with Gasteiger partial charge in [-0.25, -0.2) is 0 Å². The van der Waals surface area contributed by atoms with E-state index in [2.05, 4.69) is 47.5 Å². The highest BCUT2D eigenvalue weighted by molar-refractivity contribution is 7.08. The second kappa shape index (κ2) is 30.4. The molecule has 0 bridgehead atoms. The number of hydrogen-bond donors (Lipinski definition) is 2. The van der Waals surface area contributed by atoms with Crippen LogP contribution in [0.2, 0.25) is 0 Å². The van der Waals surface area contributed by atoms with Crippen LogP contribution < -0.4 is 9.47 Å². The Balaban J connectivity index is 1.06. The number of nitrogens with zero attached hydrogens (tertiary/aromatic N) is 2. The van der Waals surface area contributed by atoms with Gasteiger partial charge in [0.2, 0.25) is 0 Å². The smallest absolute Gasteiger partial charge is 0.124 e. The molecule has 0 spiro atoms. The van der Waals surface area contributed by atoms with E-state index in [1.54, 1.807) is 36.7 Å². The summed E-state index contributed by atoms with van der Waals surface area (Å²) in [5.74, 6) is 14.8. The van der Waals surface area contributed by atoms with Gasteiger partial charge in [-0.2, -0.15) is 0 Å². The number of aliphatic imine (C=N–C) groups is 2. The van der Waals surface area contributed by atoms with Crippen molar-refractivity contribution in [3.8, 4) is 46.7 Å². The van der Waals surface area contributed by atoms with Crippen molar-refractivity contribution in [2.45, 2.75) is 142 Å². The molecular weight excluding hydrogens is 821 g/mol. The first-order chi connectivity index (χ1) is 32.0. The number of ether oxygens (including phenoxy) is 2. The van der Waals surface area contributed by atoms with Crippen molar-refractivity contribution in [1.29, 1.82) is 0 Å².